The third-order valence-corrected chi connectivity index (χ3v) is 2.38. The van der Waals surface area contributed by atoms with Crippen LogP contribution in [0.15, 0.2) is 0 Å². The summed E-state index contributed by atoms with van der Waals surface area (Å²) in [5.41, 5.74) is 0. The van der Waals surface area contributed by atoms with Gasteiger partial charge in [0.15, 0.2) is 0 Å². The van der Waals surface area contributed by atoms with Crippen LogP contribution in [0.3, 0.4) is 0 Å². The van der Waals surface area contributed by atoms with Crippen molar-refractivity contribution in [2.24, 2.45) is 0 Å². The monoisotopic (exact) mass is 187 g/mol. The molecule has 3 heteroatoms. The van der Waals surface area contributed by atoms with Crippen molar-refractivity contribution in [3.8, 4) is 0 Å². The Labute approximate surface area is 80.7 Å². The predicted octanol–water partition coefficient (Wildman–Crippen LogP) is 0.870. The fourth-order valence-corrected chi connectivity index (χ4v) is 1.67. The Morgan fingerprint density at radius 2 is 2.31 bits per heavy atom. The first-order valence-corrected chi connectivity index (χ1v) is 5.31. The number of rotatable bonds is 5. The molecule has 1 atom stereocenters. The highest BCUT2D eigenvalue weighted by Crippen LogP contribution is 2.08. The van der Waals surface area contributed by atoms with Crippen LogP contribution in [-0.4, -0.2) is 49.0 Å². The Hall–Kier alpha value is -0.120. The summed E-state index contributed by atoms with van der Waals surface area (Å²) in [7, 11) is 0. The minimum Gasteiger partial charge on any atom is -0.392 e. The van der Waals surface area contributed by atoms with Crippen molar-refractivity contribution in [2.75, 3.05) is 32.8 Å². The lowest BCUT2D eigenvalue weighted by atomic mass is 10.1. The third kappa shape index (κ3) is 4.60. The quantitative estimate of drug-likeness (QED) is 0.648. The van der Waals surface area contributed by atoms with E-state index >= 15 is 0 Å². The Bertz CT molecular complexity index is 130. The van der Waals surface area contributed by atoms with Gasteiger partial charge in [-0.1, -0.05) is 6.92 Å². The Morgan fingerprint density at radius 3 is 3.00 bits per heavy atom. The van der Waals surface area contributed by atoms with Crippen molar-refractivity contribution in [1.82, 2.24) is 4.90 Å². The minimum atomic E-state index is -0.111. The Kier molecular flexibility index (Phi) is 5.35. The molecule has 0 aromatic rings. The second kappa shape index (κ2) is 6.35. The molecule has 0 saturated carbocycles. The summed E-state index contributed by atoms with van der Waals surface area (Å²) in [5, 5.41) is 9.40. The van der Waals surface area contributed by atoms with Gasteiger partial charge in [0.2, 0.25) is 0 Å². The Balaban J connectivity index is 2.00. The predicted molar refractivity (Wildman–Crippen MR) is 52.8 cm³/mol. The van der Waals surface area contributed by atoms with Crippen LogP contribution < -0.4 is 0 Å². The molecule has 1 rings (SSSR count). The van der Waals surface area contributed by atoms with Crippen molar-refractivity contribution in [3.05, 3.63) is 0 Å². The van der Waals surface area contributed by atoms with Crippen LogP contribution in [0.2, 0.25) is 0 Å². The maximum Gasteiger partial charge on any atom is 0.0667 e. The summed E-state index contributed by atoms with van der Waals surface area (Å²) >= 11 is 0. The van der Waals surface area contributed by atoms with Gasteiger partial charge in [0.05, 0.1) is 12.7 Å². The number of aliphatic hydroxyl groups excluding tert-OH is 1. The number of ether oxygens (including phenoxy) is 1. The van der Waals surface area contributed by atoms with Gasteiger partial charge in [-0.25, -0.2) is 0 Å². The second-order valence-electron chi connectivity index (χ2n) is 3.71. The average molecular weight is 187 g/mol. The zero-order valence-electron chi connectivity index (χ0n) is 8.54. The molecule has 1 aliphatic heterocycles. The lowest BCUT2D eigenvalue weighted by Gasteiger charge is -2.29. The summed E-state index contributed by atoms with van der Waals surface area (Å²) < 4.78 is 5.40. The Morgan fingerprint density at radius 1 is 1.46 bits per heavy atom. The minimum absolute atomic E-state index is 0.111. The number of piperidine rings is 1. The topological polar surface area (TPSA) is 32.7 Å². The number of hydrogen-bond donors (Lipinski definition) is 1. The third-order valence-electron chi connectivity index (χ3n) is 2.38. The van der Waals surface area contributed by atoms with Gasteiger partial charge in [0, 0.05) is 19.7 Å². The average Bonchev–Trinajstić information content (AvgIpc) is 2.13. The fourth-order valence-electron chi connectivity index (χ4n) is 1.67. The summed E-state index contributed by atoms with van der Waals surface area (Å²) in [6.07, 6.45) is 3.06. The SMILES string of the molecule is CCCOCCN1CCC[C@H](O)C1. The van der Waals surface area contributed by atoms with Gasteiger partial charge in [0.25, 0.3) is 0 Å². The molecule has 0 aromatic heterocycles. The lowest BCUT2D eigenvalue weighted by molar-refractivity contribution is 0.0452. The van der Waals surface area contributed by atoms with Gasteiger partial charge in [0.1, 0.15) is 0 Å². The van der Waals surface area contributed by atoms with E-state index in [-0.39, 0.29) is 6.10 Å². The van der Waals surface area contributed by atoms with E-state index in [1.807, 2.05) is 0 Å². The standard InChI is InChI=1S/C10H21NO2/c1-2-7-13-8-6-11-5-3-4-10(12)9-11/h10,12H,2-9H2,1H3/t10-/m0/s1. The van der Waals surface area contributed by atoms with Gasteiger partial charge in [-0.15, -0.1) is 0 Å². The van der Waals surface area contributed by atoms with E-state index in [1.54, 1.807) is 0 Å². The molecule has 0 bridgehead atoms. The highest BCUT2D eigenvalue weighted by atomic mass is 16.5. The molecule has 1 N–H and O–H groups in total. The lowest BCUT2D eigenvalue weighted by Crippen LogP contribution is -2.39. The molecule has 13 heavy (non-hydrogen) atoms. The van der Waals surface area contributed by atoms with E-state index in [9.17, 15) is 5.11 Å². The van der Waals surface area contributed by atoms with Crippen LogP contribution in [0.25, 0.3) is 0 Å². The summed E-state index contributed by atoms with van der Waals surface area (Å²) in [6, 6.07) is 0. The van der Waals surface area contributed by atoms with Gasteiger partial charge in [-0.05, 0) is 25.8 Å². The highest BCUT2D eigenvalue weighted by Gasteiger charge is 2.16. The molecular formula is C10H21NO2. The van der Waals surface area contributed by atoms with Crippen LogP contribution in [0.5, 0.6) is 0 Å². The summed E-state index contributed by atoms with van der Waals surface area (Å²) in [4.78, 5) is 2.28. The normalized spacial score (nSPS) is 24.9. The van der Waals surface area contributed by atoms with E-state index in [0.717, 1.165) is 52.1 Å². The van der Waals surface area contributed by atoms with Crippen LogP contribution in [0, 0.1) is 0 Å². The van der Waals surface area contributed by atoms with Crippen molar-refractivity contribution < 1.29 is 9.84 Å². The van der Waals surface area contributed by atoms with Crippen LogP contribution in [0.4, 0.5) is 0 Å². The van der Waals surface area contributed by atoms with E-state index in [1.165, 1.54) is 0 Å². The molecule has 0 aliphatic carbocycles. The fraction of sp³-hybridized carbons (Fsp3) is 1.00. The first-order valence-electron chi connectivity index (χ1n) is 5.31. The molecular weight excluding hydrogens is 166 g/mol. The highest BCUT2D eigenvalue weighted by molar-refractivity contribution is 4.71. The van der Waals surface area contributed by atoms with Crippen LogP contribution >= 0.6 is 0 Å². The zero-order chi connectivity index (χ0) is 9.52. The molecule has 0 amide bonds. The van der Waals surface area contributed by atoms with Crippen molar-refractivity contribution in [3.63, 3.8) is 0 Å². The van der Waals surface area contributed by atoms with Crippen LogP contribution in [0.1, 0.15) is 26.2 Å². The maximum atomic E-state index is 9.40. The number of nitrogens with zero attached hydrogens (tertiary/aromatic N) is 1. The summed E-state index contributed by atoms with van der Waals surface area (Å²) in [6.45, 7) is 6.70. The number of likely N-dealkylation sites (tertiary alicyclic amines) is 1. The largest absolute Gasteiger partial charge is 0.392 e. The first kappa shape index (κ1) is 11.0. The second-order valence-corrected chi connectivity index (χ2v) is 3.71. The van der Waals surface area contributed by atoms with Crippen LogP contribution in [-0.2, 0) is 4.74 Å². The maximum absolute atomic E-state index is 9.40. The van der Waals surface area contributed by atoms with Crippen molar-refractivity contribution in [2.45, 2.75) is 32.3 Å². The van der Waals surface area contributed by atoms with E-state index in [0.29, 0.717) is 0 Å². The zero-order valence-corrected chi connectivity index (χ0v) is 8.54. The molecule has 1 heterocycles. The molecule has 3 nitrogen and oxygen atoms in total. The number of hydrogen-bond acceptors (Lipinski definition) is 3. The molecule has 0 unspecified atom stereocenters. The van der Waals surface area contributed by atoms with Crippen molar-refractivity contribution in [1.29, 1.82) is 0 Å². The van der Waals surface area contributed by atoms with Gasteiger partial charge in [-0.3, -0.25) is 4.90 Å². The number of aliphatic hydroxyl groups is 1. The first-order chi connectivity index (χ1) is 6.33. The van der Waals surface area contributed by atoms with Crippen molar-refractivity contribution >= 4 is 0 Å². The van der Waals surface area contributed by atoms with Gasteiger partial charge in [-0.2, -0.15) is 0 Å². The molecule has 1 saturated heterocycles. The molecule has 78 valence electrons. The van der Waals surface area contributed by atoms with Gasteiger partial charge >= 0.3 is 0 Å². The summed E-state index contributed by atoms with van der Waals surface area (Å²) in [5.74, 6) is 0. The number of β-amino-alcohol motifs (C(OH)–C–C–N with tert-alkyl or cyclic N) is 1. The smallest absolute Gasteiger partial charge is 0.0667 e. The van der Waals surface area contributed by atoms with Gasteiger partial charge < -0.3 is 9.84 Å². The molecule has 0 radical (unpaired) electrons. The molecule has 1 fully saturated rings. The molecule has 1 aliphatic rings. The molecule has 0 aromatic carbocycles. The van der Waals surface area contributed by atoms with E-state index in [4.69, 9.17) is 4.74 Å². The molecule has 0 spiro atoms. The van der Waals surface area contributed by atoms with E-state index in [2.05, 4.69) is 11.8 Å². The van der Waals surface area contributed by atoms with E-state index < -0.39 is 0 Å².